The molecule has 0 radical (unpaired) electrons. The molecule has 1 aliphatic heterocycles. The molecule has 0 unspecified atom stereocenters. The van der Waals surface area contributed by atoms with Gasteiger partial charge in [0.15, 0.2) is 15.5 Å². The molecule has 0 bridgehead atoms. The summed E-state index contributed by atoms with van der Waals surface area (Å²) >= 11 is 6.04. The number of nitrogens with zero attached hydrogens (tertiary/aromatic N) is 3. The molecule has 1 aromatic heterocycles. The van der Waals surface area contributed by atoms with Crippen molar-refractivity contribution in [1.29, 1.82) is 0 Å². The Balaban J connectivity index is 2.01. The van der Waals surface area contributed by atoms with Gasteiger partial charge in [-0.1, -0.05) is 23.7 Å². The average Bonchev–Trinajstić information content (AvgIpc) is 2.99. The summed E-state index contributed by atoms with van der Waals surface area (Å²) in [6.45, 7) is -0.0200. The summed E-state index contributed by atoms with van der Waals surface area (Å²) in [6.07, 6.45) is 2.13. The monoisotopic (exact) mass is 461 g/mol. The van der Waals surface area contributed by atoms with Crippen LogP contribution < -0.4 is 0 Å². The minimum absolute atomic E-state index is 0.0200. The standard InChI is InChI=1S/C17H17ClFN3O5S2/c1-28(24,25)17-20-8-14(18)15(21-17)16(23)22(13-6-7-29(26,27)10-13)9-11-2-4-12(19)5-3-11/h2-5,8,13H,6-7,9-10H2,1H3/t13-/m0/s1. The first-order chi connectivity index (χ1) is 13.5. The van der Waals surface area contributed by atoms with E-state index < -0.39 is 42.6 Å². The summed E-state index contributed by atoms with van der Waals surface area (Å²) in [5.74, 6) is -1.49. The van der Waals surface area contributed by atoms with Crippen LogP contribution in [0.4, 0.5) is 4.39 Å². The van der Waals surface area contributed by atoms with Crippen molar-refractivity contribution < 1.29 is 26.0 Å². The fourth-order valence-electron chi connectivity index (χ4n) is 2.99. The summed E-state index contributed by atoms with van der Waals surface area (Å²) in [4.78, 5) is 21.9. The van der Waals surface area contributed by atoms with Crippen molar-refractivity contribution in [3.8, 4) is 0 Å². The van der Waals surface area contributed by atoms with Gasteiger partial charge in [0.2, 0.25) is 15.0 Å². The maximum Gasteiger partial charge on any atom is 0.274 e. The highest BCUT2D eigenvalue weighted by molar-refractivity contribution is 7.91. The Labute approximate surface area is 172 Å². The van der Waals surface area contributed by atoms with Gasteiger partial charge in [-0.15, -0.1) is 0 Å². The van der Waals surface area contributed by atoms with E-state index in [1.807, 2.05) is 0 Å². The van der Waals surface area contributed by atoms with E-state index in [0.717, 1.165) is 12.5 Å². The van der Waals surface area contributed by atoms with Gasteiger partial charge in [-0.05, 0) is 24.1 Å². The number of hydrogen-bond acceptors (Lipinski definition) is 7. The highest BCUT2D eigenvalue weighted by Crippen LogP contribution is 2.24. The van der Waals surface area contributed by atoms with Crippen LogP contribution in [-0.2, 0) is 26.2 Å². The quantitative estimate of drug-likeness (QED) is 0.620. The molecule has 29 heavy (non-hydrogen) atoms. The molecule has 0 spiro atoms. The topological polar surface area (TPSA) is 114 Å². The van der Waals surface area contributed by atoms with E-state index in [1.54, 1.807) is 0 Å². The number of carbonyl (C=O) groups excluding carboxylic acids is 1. The van der Waals surface area contributed by atoms with Crippen LogP contribution in [0.15, 0.2) is 35.6 Å². The number of hydrogen-bond donors (Lipinski definition) is 0. The lowest BCUT2D eigenvalue weighted by atomic mass is 10.1. The Bertz CT molecular complexity index is 1150. The zero-order valence-corrected chi connectivity index (χ0v) is 17.6. The number of halogens is 2. The third-order valence-corrected chi connectivity index (χ3v) is 7.32. The lowest BCUT2D eigenvalue weighted by molar-refractivity contribution is 0.0674. The van der Waals surface area contributed by atoms with Crippen LogP contribution in [0.25, 0.3) is 0 Å². The van der Waals surface area contributed by atoms with Crippen LogP contribution in [0.1, 0.15) is 22.5 Å². The minimum atomic E-state index is -3.79. The molecule has 1 aliphatic rings. The fraction of sp³-hybridized carbons (Fsp3) is 0.353. The molecule has 3 rings (SSSR count). The first-order valence-corrected chi connectivity index (χ1v) is 12.5. The second kappa shape index (κ2) is 7.96. The number of sulfone groups is 2. The number of aromatic nitrogens is 2. The molecule has 0 saturated carbocycles. The molecule has 0 N–H and O–H groups in total. The Morgan fingerprint density at radius 1 is 1.31 bits per heavy atom. The molecule has 2 heterocycles. The number of amides is 1. The van der Waals surface area contributed by atoms with E-state index >= 15 is 0 Å². The minimum Gasteiger partial charge on any atom is -0.329 e. The van der Waals surface area contributed by atoms with E-state index in [2.05, 4.69) is 9.97 Å². The lowest BCUT2D eigenvalue weighted by Crippen LogP contribution is -2.41. The third-order valence-electron chi connectivity index (χ3n) is 4.43. The molecule has 1 atom stereocenters. The van der Waals surface area contributed by atoms with E-state index in [4.69, 9.17) is 11.6 Å². The van der Waals surface area contributed by atoms with E-state index in [-0.39, 0.29) is 35.2 Å². The molecular weight excluding hydrogens is 445 g/mol. The van der Waals surface area contributed by atoms with Gasteiger partial charge < -0.3 is 4.90 Å². The predicted octanol–water partition coefficient (Wildman–Crippen LogP) is 1.50. The molecule has 1 amide bonds. The summed E-state index contributed by atoms with van der Waals surface area (Å²) < 4.78 is 60.6. The normalized spacial score (nSPS) is 18.5. The Hall–Kier alpha value is -2.11. The van der Waals surface area contributed by atoms with Crippen molar-refractivity contribution in [3.63, 3.8) is 0 Å². The molecule has 0 aliphatic carbocycles. The van der Waals surface area contributed by atoms with E-state index in [1.165, 1.54) is 29.2 Å². The summed E-state index contributed by atoms with van der Waals surface area (Å²) in [5.41, 5.74) is 0.228. The van der Waals surface area contributed by atoms with Crippen LogP contribution in [0.3, 0.4) is 0 Å². The Morgan fingerprint density at radius 3 is 2.52 bits per heavy atom. The van der Waals surface area contributed by atoms with Gasteiger partial charge in [0.05, 0.1) is 22.7 Å². The second-order valence-electron chi connectivity index (χ2n) is 6.74. The first-order valence-electron chi connectivity index (χ1n) is 8.45. The van der Waals surface area contributed by atoms with Gasteiger partial charge in [0, 0.05) is 18.8 Å². The molecule has 2 aromatic rings. The highest BCUT2D eigenvalue weighted by Gasteiger charge is 2.36. The fourth-order valence-corrected chi connectivity index (χ4v) is 5.39. The van der Waals surface area contributed by atoms with Gasteiger partial charge in [-0.3, -0.25) is 4.79 Å². The van der Waals surface area contributed by atoms with Crippen molar-refractivity contribution in [2.45, 2.75) is 24.2 Å². The first kappa shape index (κ1) is 21.6. The van der Waals surface area contributed by atoms with Crippen molar-refractivity contribution in [1.82, 2.24) is 14.9 Å². The van der Waals surface area contributed by atoms with Crippen LogP contribution >= 0.6 is 11.6 Å². The SMILES string of the molecule is CS(=O)(=O)c1ncc(Cl)c(C(=O)N(Cc2ccc(F)cc2)[C@H]2CCS(=O)(=O)C2)n1. The van der Waals surface area contributed by atoms with Crippen LogP contribution in [0.2, 0.25) is 5.02 Å². The Kier molecular flexibility index (Phi) is 5.93. The maximum absolute atomic E-state index is 13.2. The molecule has 1 fully saturated rings. The van der Waals surface area contributed by atoms with Crippen molar-refractivity contribution >= 4 is 37.2 Å². The molecule has 8 nitrogen and oxygen atoms in total. The van der Waals surface area contributed by atoms with Gasteiger partial charge in [-0.25, -0.2) is 31.2 Å². The molecule has 1 aromatic carbocycles. The summed E-state index contributed by atoms with van der Waals surface area (Å²) in [7, 11) is -7.10. The highest BCUT2D eigenvalue weighted by atomic mass is 35.5. The molecule has 156 valence electrons. The molecule has 12 heteroatoms. The van der Waals surface area contributed by atoms with E-state index in [0.29, 0.717) is 5.56 Å². The van der Waals surface area contributed by atoms with Crippen LogP contribution in [0.5, 0.6) is 0 Å². The number of rotatable bonds is 5. The van der Waals surface area contributed by atoms with Gasteiger partial charge in [0.1, 0.15) is 5.82 Å². The van der Waals surface area contributed by atoms with Gasteiger partial charge >= 0.3 is 0 Å². The van der Waals surface area contributed by atoms with Crippen molar-refractivity contribution in [2.75, 3.05) is 17.8 Å². The van der Waals surface area contributed by atoms with Crippen LogP contribution in [0, 0.1) is 5.82 Å². The second-order valence-corrected chi connectivity index (χ2v) is 11.3. The van der Waals surface area contributed by atoms with Crippen molar-refractivity contribution in [2.24, 2.45) is 0 Å². The van der Waals surface area contributed by atoms with Gasteiger partial charge in [-0.2, -0.15) is 0 Å². The molecular formula is C17H17ClFN3O5S2. The summed E-state index contributed by atoms with van der Waals surface area (Å²) in [5, 5.41) is -0.724. The van der Waals surface area contributed by atoms with Crippen LogP contribution in [-0.4, -0.2) is 61.4 Å². The summed E-state index contributed by atoms with van der Waals surface area (Å²) in [6, 6.07) is 4.75. The Morgan fingerprint density at radius 2 is 1.97 bits per heavy atom. The zero-order valence-electron chi connectivity index (χ0n) is 15.2. The van der Waals surface area contributed by atoms with E-state index in [9.17, 15) is 26.0 Å². The maximum atomic E-state index is 13.2. The average molecular weight is 462 g/mol. The zero-order chi connectivity index (χ0) is 21.4. The number of carbonyl (C=O) groups is 1. The largest absolute Gasteiger partial charge is 0.329 e. The lowest BCUT2D eigenvalue weighted by Gasteiger charge is -2.28. The third kappa shape index (κ3) is 5.09. The van der Waals surface area contributed by atoms with Gasteiger partial charge in [0.25, 0.3) is 5.91 Å². The molecule has 1 saturated heterocycles. The number of benzene rings is 1. The van der Waals surface area contributed by atoms with Crippen molar-refractivity contribution in [3.05, 3.63) is 52.6 Å². The predicted molar refractivity (Wildman–Crippen MR) is 103 cm³/mol. The smallest absolute Gasteiger partial charge is 0.274 e.